The van der Waals surface area contributed by atoms with Crippen LogP contribution in [0.5, 0.6) is 0 Å². The summed E-state index contributed by atoms with van der Waals surface area (Å²) in [5, 5.41) is 4.59. The minimum Gasteiger partial charge on any atom is -0.316 e. The molecule has 1 aliphatic rings. The number of aromatic nitrogens is 1. The molecule has 2 atom stereocenters. The molecule has 0 spiro atoms. The first-order valence-corrected chi connectivity index (χ1v) is 7.28. The van der Waals surface area contributed by atoms with Crippen LogP contribution in [0.2, 0.25) is 0 Å². The van der Waals surface area contributed by atoms with E-state index < -0.39 is 0 Å². The van der Waals surface area contributed by atoms with E-state index in [1.165, 1.54) is 35.0 Å². The van der Waals surface area contributed by atoms with Crippen molar-refractivity contribution in [3.63, 3.8) is 0 Å². The van der Waals surface area contributed by atoms with Crippen LogP contribution in [0, 0.1) is 13.8 Å². The van der Waals surface area contributed by atoms with E-state index in [1.807, 2.05) is 11.3 Å². The third kappa shape index (κ3) is 2.87. The Morgan fingerprint density at radius 2 is 2.24 bits per heavy atom. The van der Waals surface area contributed by atoms with Gasteiger partial charge in [0.05, 0.1) is 10.7 Å². The molecule has 0 aliphatic carbocycles. The highest BCUT2D eigenvalue weighted by Gasteiger charge is 2.25. The Kier molecular flexibility index (Phi) is 4.17. The zero-order valence-corrected chi connectivity index (χ0v) is 12.1. The molecule has 17 heavy (non-hydrogen) atoms. The topological polar surface area (TPSA) is 28.2 Å². The monoisotopic (exact) mass is 253 g/mol. The summed E-state index contributed by atoms with van der Waals surface area (Å²) in [6, 6.07) is 1.16. The van der Waals surface area contributed by atoms with Gasteiger partial charge in [-0.2, -0.15) is 0 Å². The Bertz CT molecular complexity index is 375. The van der Waals surface area contributed by atoms with E-state index in [2.05, 4.69) is 43.0 Å². The van der Waals surface area contributed by atoms with Crippen LogP contribution >= 0.6 is 11.3 Å². The highest BCUT2D eigenvalue weighted by molar-refractivity contribution is 7.11. The maximum atomic E-state index is 4.54. The average Bonchev–Trinajstić information content (AvgIpc) is 2.67. The molecule has 1 aromatic heterocycles. The second-order valence-electron chi connectivity index (χ2n) is 4.98. The van der Waals surface area contributed by atoms with Crippen molar-refractivity contribution in [2.45, 2.75) is 45.7 Å². The van der Waals surface area contributed by atoms with Crippen molar-refractivity contribution in [3.05, 3.63) is 15.6 Å². The van der Waals surface area contributed by atoms with Crippen LogP contribution in [0.25, 0.3) is 0 Å². The van der Waals surface area contributed by atoms with Crippen molar-refractivity contribution < 1.29 is 0 Å². The van der Waals surface area contributed by atoms with E-state index in [0.717, 1.165) is 6.54 Å². The summed E-state index contributed by atoms with van der Waals surface area (Å²) >= 11 is 1.85. The summed E-state index contributed by atoms with van der Waals surface area (Å²) in [5.74, 6) is 0. The van der Waals surface area contributed by atoms with Crippen LogP contribution in [-0.4, -0.2) is 36.1 Å². The van der Waals surface area contributed by atoms with Gasteiger partial charge in [0.15, 0.2) is 0 Å². The SMILES string of the molecule is CNC1CCCN(C(C)c2sc(C)nc2C)C1. The van der Waals surface area contributed by atoms with Gasteiger partial charge in [0.1, 0.15) is 0 Å². The maximum Gasteiger partial charge on any atom is 0.0900 e. The molecule has 0 saturated carbocycles. The van der Waals surface area contributed by atoms with Crippen molar-refractivity contribution >= 4 is 11.3 Å². The molecule has 2 heterocycles. The number of nitrogens with zero attached hydrogens (tertiary/aromatic N) is 2. The summed E-state index contributed by atoms with van der Waals surface area (Å²) < 4.78 is 0. The predicted molar refractivity (Wildman–Crippen MR) is 73.7 cm³/mol. The van der Waals surface area contributed by atoms with Gasteiger partial charge in [0, 0.05) is 23.5 Å². The maximum absolute atomic E-state index is 4.54. The van der Waals surface area contributed by atoms with Crippen molar-refractivity contribution in [1.82, 2.24) is 15.2 Å². The largest absolute Gasteiger partial charge is 0.316 e. The van der Waals surface area contributed by atoms with Gasteiger partial charge in [-0.25, -0.2) is 4.98 Å². The van der Waals surface area contributed by atoms with Crippen molar-refractivity contribution in [1.29, 1.82) is 0 Å². The number of likely N-dealkylation sites (tertiary alicyclic amines) is 1. The van der Waals surface area contributed by atoms with Crippen LogP contribution in [0.1, 0.15) is 41.4 Å². The molecule has 0 aromatic carbocycles. The lowest BCUT2D eigenvalue weighted by Crippen LogP contribution is -2.45. The predicted octanol–water partition coefficient (Wildman–Crippen LogP) is 2.50. The van der Waals surface area contributed by atoms with Gasteiger partial charge in [-0.15, -0.1) is 11.3 Å². The van der Waals surface area contributed by atoms with Crippen molar-refractivity contribution in [2.75, 3.05) is 20.1 Å². The number of thiazole rings is 1. The standard InChI is InChI=1S/C13H23N3S/c1-9-13(17-11(3)15-9)10(2)16-7-5-6-12(8-16)14-4/h10,12,14H,5-8H2,1-4H3. The molecule has 0 amide bonds. The lowest BCUT2D eigenvalue weighted by atomic mass is 10.0. The molecule has 1 fully saturated rings. The van der Waals surface area contributed by atoms with E-state index in [1.54, 1.807) is 0 Å². The van der Waals surface area contributed by atoms with Crippen LogP contribution in [0.15, 0.2) is 0 Å². The van der Waals surface area contributed by atoms with Crippen LogP contribution in [0.3, 0.4) is 0 Å². The van der Waals surface area contributed by atoms with Crippen LogP contribution in [-0.2, 0) is 0 Å². The fourth-order valence-electron chi connectivity index (χ4n) is 2.69. The lowest BCUT2D eigenvalue weighted by molar-refractivity contribution is 0.150. The van der Waals surface area contributed by atoms with E-state index in [9.17, 15) is 0 Å². The van der Waals surface area contributed by atoms with Crippen molar-refractivity contribution in [3.8, 4) is 0 Å². The van der Waals surface area contributed by atoms with Gasteiger partial charge in [-0.1, -0.05) is 0 Å². The highest BCUT2D eigenvalue weighted by atomic mass is 32.1. The second kappa shape index (κ2) is 5.46. The molecule has 4 heteroatoms. The Morgan fingerprint density at radius 3 is 2.82 bits per heavy atom. The second-order valence-corrected chi connectivity index (χ2v) is 6.22. The summed E-state index contributed by atoms with van der Waals surface area (Å²) in [7, 11) is 2.07. The first-order chi connectivity index (χ1) is 8.11. The normalized spacial score (nSPS) is 23.9. The minimum atomic E-state index is 0.511. The number of aryl methyl sites for hydroxylation is 2. The van der Waals surface area contributed by atoms with Crippen LogP contribution < -0.4 is 5.32 Å². The average molecular weight is 253 g/mol. The summed E-state index contributed by atoms with van der Waals surface area (Å²) in [5.41, 5.74) is 1.21. The first-order valence-electron chi connectivity index (χ1n) is 6.47. The Hall–Kier alpha value is -0.450. The third-order valence-electron chi connectivity index (χ3n) is 3.73. The Morgan fingerprint density at radius 1 is 1.47 bits per heavy atom. The molecule has 3 nitrogen and oxygen atoms in total. The number of rotatable bonds is 3. The van der Waals surface area contributed by atoms with Crippen LogP contribution in [0.4, 0.5) is 0 Å². The quantitative estimate of drug-likeness (QED) is 0.897. The van der Waals surface area contributed by atoms with E-state index in [-0.39, 0.29) is 0 Å². The fraction of sp³-hybridized carbons (Fsp3) is 0.769. The number of piperidine rings is 1. The molecular formula is C13H23N3S. The van der Waals surface area contributed by atoms with E-state index in [0.29, 0.717) is 12.1 Å². The molecule has 1 aromatic rings. The third-order valence-corrected chi connectivity index (χ3v) is 4.97. The zero-order valence-electron chi connectivity index (χ0n) is 11.3. The molecule has 2 rings (SSSR count). The van der Waals surface area contributed by atoms with Gasteiger partial charge in [0.2, 0.25) is 0 Å². The fourth-order valence-corrected chi connectivity index (χ4v) is 3.71. The summed E-state index contributed by atoms with van der Waals surface area (Å²) in [6.07, 6.45) is 2.60. The van der Waals surface area contributed by atoms with Crippen molar-refractivity contribution in [2.24, 2.45) is 0 Å². The molecule has 0 radical (unpaired) electrons. The van der Waals surface area contributed by atoms with Gasteiger partial charge in [0.25, 0.3) is 0 Å². The summed E-state index contributed by atoms with van der Waals surface area (Å²) in [6.45, 7) is 8.93. The van der Waals surface area contributed by atoms with Gasteiger partial charge in [-0.05, 0) is 47.2 Å². The number of hydrogen-bond donors (Lipinski definition) is 1. The van der Waals surface area contributed by atoms with E-state index in [4.69, 9.17) is 0 Å². The minimum absolute atomic E-state index is 0.511. The lowest BCUT2D eigenvalue weighted by Gasteiger charge is -2.36. The number of nitrogens with one attached hydrogen (secondary N) is 1. The molecule has 1 N–H and O–H groups in total. The molecule has 96 valence electrons. The number of hydrogen-bond acceptors (Lipinski definition) is 4. The van der Waals surface area contributed by atoms with Gasteiger partial charge < -0.3 is 5.32 Å². The molecular weight excluding hydrogens is 230 g/mol. The Labute approximate surface area is 108 Å². The molecule has 1 aliphatic heterocycles. The highest BCUT2D eigenvalue weighted by Crippen LogP contribution is 2.30. The molecule has 2 unspecified atom stereocenters. The first kappa shape index (κ1) is 13.0. The Balaban J connectivity index is 2.08. The zero-order chi connectivity index (χ0) is 12.4. The van der Waals surface area contributed by atoms with Gasteiger partial charge in [-0.3, -0.25) is 4.90 Å². The smallest absolute Gasteiger partial charge is 0.0900 e. The van der Waals surface area contributed by atoms with E-state index >= 15 is 0 Å². The summed E-state index contributed by atoms with van der Waals surface area (Å²) in [4.78, 5) is 8.57. The number of likely N-dealkylation sites (N-methyl/N-ethyl adjacent to an activating group) is 1. The molecule has 1 saturated heterocycles. The van der Waals surface area contributed by atoms with Gasteiger partial charge >= 0.3 is 0 Å². The molecule has 0 bridgehead atoms.